The lowest BCUT2D eigenvalue weighted by Crippen LogP contribution is -2.37. The van der Waals surface area contributed by atoms with E-state index in [9.17, 15) is 0 Å². The standard InChI is InChI=1S/C16H24N2/c1-18-11-5-8-15(18)12-17-16(14-9-10-14)13-6-3-2-4-7-13/h2-4,6-7,14-17H,5,8-12H2,1H3. The highest BCUT2D eigenvalue weighted by Gasteiger charge is 2.32. The summed E-state index contributed by atoms with van der Waals surface area (Å²) in [7, 11) is 2.26. The van der Waals surface area contributed by atoms with Crippen LogP contribution in [0.15, 0.2) is 30.3 Å². The Morgan fingerprint density at radius 3 is 2.61 bits per heavy atom. The van der Waals surface area contributed by atoms with Crippen molar-refractivity contribution in [1.82, 2.24) is 10.2 Å². The van der Waals surface area contributed by atoms with E-state index in [1.54, 1.807) is 0 Å². The van der Waals surface area contributed by atoms with Gasteiger partial charge in [0.25, 0.3) is 0 Å². The second-order valence-corrected chi connectivity index (χ2v) is 5.91. The molecule has 0 bridgehead atoms. The van der Waals surface area contributed by atoms with Crippen LogP contribution in [0.4, 0.5) is 0 Å². The molecule has 0 aromatic heterocycles. The summed E-state index contributed by atoms with van der Waals surface area (Å²) in [4.78, 5) is 2.50. The summed E-state index contributed by atoms with van der Waals surface area (Å²) >= 11 is 0. The fraction of sp³-hybridized carbons (Fsp3) is 0.625. The maximum Gasteiger partial charge on any atom is 0.0349 e. The van der Waals surface area contributed by atoms with E-state index < -0.39 is 0 Å². The first-order valence-corrected chi connectivity index (χ1v) is 7.33. The van der Waals surface area contributed by atoms with E-state index in [2.05, 4.69) is 47.6 Å². The quantitative estimate of drug-likeness (QED) is 0.857. The zero-order valence-corrected chi connectivity index (χ0v) is 11.3. The van der Waals surface area contributed by atoms with Crippen molar-refractivity contribution in [3.63, 3.8) is 0 Å². The summed E-state index contributed by atoms with van der Waals surface area (Å²) in [5.41, 5.74) is 1.47. The first kappa shape index (κ1) is 12.2. The molecule has 0 spiro atoms. The van der Waals surface area contributed by atoms with Crippen LogP contribution in [0.3, 0.4) is 0 Å². The van der Waals surface area contributed by atoms with E-state index in [0.29, 0.717) is 6.04 Å². The molecule has 2 unspecified atom stereocenters. The zero-order valence-electron chi connectivity index (χ0n) is 11.3. The Bertz CT molecular complexity index is 372. The van der Waals surface area contributed by atoms with Crippen molar-refractivity contribution in [3.05, 3.63) is 35.9 Å². The molecule has 0 amide bonds. The van der Waals surface area contributed by atoms with Gasteiger partial charge in [0.15, 0.2) is 0 Å². The number of likely N-dealkylation sites (N-methyl/N-ethyl adjacent to an activating group) is 1. The average Bonchev–Trinajstić information content (AvgIpc) is 3.15. The Morgan fingerprint density at radius 1 is 1.22 bits per heavy atom. The van der Waals surface area contributed by atoms with Gasteiger partial charge in [0, 0.05) is 18.6 Å². The number of nitrogens with zero attached hydrogens (tertiary/aromatic N) is 1. The largest absolute Gasteiger partial charge is 0.308 e. The Kier molecular flexibility index (Phi) is 3.67. The van der Waals surface area contributed by atoms with Gasteiger partial charge in [-0.15, -0.1) is 0 Å². The molecule has 98 valence electrons. The van der Waals surface area contributed by atoms with Gasteiger partial charge in [-0.2, -0.15) is 0 Å². The minimum Gasteiger partial charge on any atom is -0.308 e. The Labute approximate surface area is 110 Å². The van der Waals surface area contributed by atoms with Crippen molar-refractivity contribution < 1.29 is 0 Å². The van der Waals surface area contributed by atoms with Gasteiger partial charge in [0.1, 0.15) is 0 Å². The van der Waals surface area contributed by atoms with Gasteiger partial charge < -0.3 is 10.2 Å². The minimum absolute atomic E-state index is 0.584. The summed E-state index contributed by atoms with van der Waals surface area (Å²) in [6.45, 7) is 2.42. The smallest absolute Gasteiger partial charge is 0.0349 e. The number of nitrogens with one attached hydrogen (secondary N) is 1. The monoisotopic (exact) mass is 244 g/mol. The van der Waals surface area contributed by atoms with E-state index in [4.69, 9.17) is 0 Å². The van der Waals surface area contributed by atoms with Crippen molar-refractivity contribution in [2.24, 2.45) is 5.92 Å². The van der Waals surface area contributed by atoms with Crippen molar-refractivity contribution in [2.75, 3.05) is 20.1 Å². The minimum atomic E-state index is 0.584. The van der Waals surface area contributed by atoms with E-state index in [-0.39, 0.29) is 0 Å². The zero-order chi connectivity index (χ0) is 12.4. The SMILES string of the molecule is CN1CCCC1CNC(c1ccccc1)C1CC1. The third-order valence-corrected chi connectivity index (χ3v) is 4.50. The van der Waals surface area contributed by atoms with Crippen LogP contribution in [-0.4, -0.2) is 31.1 Å². The molecular formula is C16H24N2. The number of hydrogen-bond acceptors (Lipinski definition) is 2. The molecule has 1 N–H and O–H groups in total. The lowest BCUT2D eigenvalue weighted by molar-refractivity contribution is 0.287. The lowest BCUT2D eigenvalue weighted by atomic mass is 10.0. The average molecular weight is 244 g/mol. The Morgan fingerprint density at radius 2 is 2.00 bits per heavy atom. The van der Waals surface area contributed by atoms with Crippen LogP contribution in [0, 0.1) is 5.92 Å². The third kappa shape index (κ3) is 2.76. The van der Waals surface area contributed by atoms with E-state index in [1.807, 2.05) is 0 Å². The summed E-state index contributed by atoms with van der Waals surface area (Å²) < 4.78 is 0. The predicted octanol–water partition coefficient (Wildman–Crippen LogP) is 2.82. The molecule has 18 heavy (non-hydrogen) atoms. The number of hydrogen-bond donors (Lipinski definition) is 1. The first-order valence-electron chi connectivity index (χ1n) is 7.33. The van der Waals surface area contributed by atoms with Crippen LogP contribution in [0.1, 0.15) is 37.3 Å². The predicted molar refractivity (Wildman–Crippen MR) is 75.6 cm³/mol. The van der Waals surface area contributed by atoms with Gasteiger partial charge >= 0.3 is 0 Å². The number of benzene rings is 1. The molecule has 1 aromatic carbocycles. The molecule has 1 saturated carbocycles. The first-order chi connectivity index (χ1) is 8.84. The summed E-state index contributed by atoms with van der Waals surface area (Å²) in [5.74, 6) is 0.874. The van der Waals surface area contributed by atoms with Crippen molar-refractivity contribution in [2.45, 2.75) is 37.8 Å². The molecule has 1 aliphatic heterocycles. The van der Waals surface area contributed by atoms with E-state index in [0.717, 1.165) is 18.5 Å². The molecule has 1 aliphatic carbocycles. The van der Waals surface area contributed by atoms with Gasteiger partial charge in [0.05, 0.1) is 0 Å². The molecule has 2 fully saturated rings. The summed E-state index contributed by atoms with van der Waals surface area (Å²) in [6, 6.07) is 12.3. The number of rotatable bonds is 5. The highest BCUT2D eigenvalue weighted by Crippen LogP contribution is 2.41. The molecule has 2 atom stereocenters. The van der Waals surface area contributed by atoms with E-state index >= 15 is 0 Å². The second-order valence-electron chi connectivity index (χ2n) is 5.91. The van der Waals surface area contributed by atoms with Crippen LogP contribution < -0.4 is 5.32 Å². The van der Waals surface area contributed by atoms with Gasteiger partial charge in [-0.1, -0.05) is 30.3 Å². The fourth-order valence-corrected chi connectivity index (χ4v) is 3.15. The molecule has 2 aliphatic rings. The van der Waals surface area contributed by atoms with Crippen LogP contribution >= 0.6 is 0 Å². The highest BCUT2D eigenvalue weighted by molar-refractivity contribution is 5.21. The number of likely N-dealkylation sites (tertiary alicyclic amines) is 1. The molecule has 3 rings (SSSR count). The molecule has 2 heteroatoms. The van der Waals surface area contributed by atoms with Gasteiger partial charge in [0.2, 0.25) is 0 Å². The van der Waals surface area contributed by atoms with Gasteiger partial charge in [-0.25, -0.2) is 0 Å². The highest BCUT2D eigenvalue weighted by atomic mass is 15.2. The van der Waals surface area contributed by atoms with Crippen LogP contribution in [-0.2, 0) is 0 Å². The maximum absolute atomic E-state index is 3.83. The molecule has 1 aromatic rings. The van der Waals surface area contributed by atoms with E-state index in [1.165, 1.54) is 37.8 Å². The molecule has 0 radical (unpaired) electrons. The van der Waals surface area contributed by atoms with Crippen LogP contribution in [0.2, 0.25) is 0 Å². The third-order valence-electron chi connectivity index (χ3n) is 4.50. The lowest BCUT2D eigenvalue weighted by Gasteiger charge is -2.25. The Balaban J connectivity index is 1.61. The van der Waals surface area contributed by atoms with Crippen molar-refractivity contribution in [3.8, 4) is 0 Å². The second kappa shape index (κ2) is 5.41. The summed E-state index contributed by atoms with van der Waals surface area (Å²) in [6.07, 6.45) is 5.51. The van der Waals surface area contributed by atoms with Gasteiger partial charge in [-0.3, -0.25) is 0 Å². The van der Waals surface area contributed by atoms with Gasteiger partial charge in [-0.05, 0) is 50.8 Å². The van der Waals surface area contributed by atoms with Crippen LogP contribution in [0.5, 0.6) is 0 Å². The van der Waals surface area contributed by atoms with Crippen LogP contribution in [0.25, 0.3) is 0 Å². The molecule has 2 nitrogen and oxygen atoms in total. The van der Waals surface area contributed by atoms with Crippen molar-refractivity contribution in [1.29, 1.82) is 0 Å². The molecular weight excluding hydrogens is 220 g/mol. The Hall–Kier alpha value is -0.860. The normalized spacial score (nSPS) is 26.4. The van der Waals surface area contributed by atoms with Crippen molar-refractivity contribution >= 4 is 0 Å². The maximum atomic E-state index is 3.83. The molecule has 1 heterocycles. The molecule has 1 saturated heterocycles. The topological polar surface area (TPSA) is 15.3 Å². The summed E-state index contributed by atoms with van der Waals surface area (Å²) in [5, 5.41) is 3.83. The fourth-order valence-electron chi connectivity index (χ4n) is 3.15.